The van der Waals surface area contributed by atoms with Gasteiger partial charge in [-0.2, -0.15) is 18.6 Å². The van der Waals surface area contributed by atoms with E-state index in [4.69, 9.17) is 73.8 Å². The standard InChI is InChI=1S/C42H55N20O31P5/c1-58-11-62(32-19(58)35(70)57-42(46)54-32)37-23(66)21(64)13(87-37)4-84-96(75,76)92-98(79,80)93-97(77,78)85-6-15-26(27(81-2)39(89-15)61-10-51-18-31(61)53-41(45)56-34(18)69)91-95(73,74)83-5-14-25(24(67)38(88-14)59-8-49-16-28(43)47-7-48-29(16)59)90-94(71,72)82-3-12-20(63)22(65)36(86-12)60-9-50-17-30(60)52-40(44)55-33(17)68/h7-15,20-27,36-39,63-67H,3-6H2,1-2H3,(H15-,43,44,45,46,47,48,52,53,54,55,56,57,68,69,70,71,72,73,74,75,76,77,78,79,80)/p+1/t12-,13-,14-,15-,20-,21-,22-,23-,24-,25-,26-,27-,36-,37-,38-,39-/m1/s1. The number of ether oxygens (including phenoxy) is 5. The number of aryl methyl sites for hydroxylation is 1. The molecule has 8 aromatic heterocycles. The van der Waals surface area contributed by atoms with Crippen molar-refractivity contribution in [3.8, 4) is 0 Å². The minimum atomic E-state index is -6.34. The van der Waals surface area contributed by atoms with Crippen molar-refractivity contribution >= 4 is 107 Å². The summed E-state index contributed by atoms with van der Waals surface area (Å²) in [5, 5.41) is 55.4. The van der Waals surface area contributed by atoms with Crippen LogP contribution in [0.25, 0.3) is 44.7 Å². The molecule has 56 heteroatoms. The first-order valence-electron chi connectivity index (χ1n) is 27.7. The summed E-state index contributed by atoms with van der Waals surface area (Å²) in [5.41, 5.74) is 19.3. The number of aromatic amines is 3. The lowest BCUT2D eigenvalue weighted by atomic mass is 10.1. The molecule has 21 N–H and O–H groups in total. The number of phosphoric ester groups is 4. The van der Waals surface area contributed by atoms with Gasteiger partial charge in [0.1, 0.15) is 85.1 Å². The molecule has 0 aromatic carbocycles. The lowest BCUT2D eigenvalue weighted by Crippen LogP contribution is -2.46. The minimum absolute atomic E-state index is 0.0345. The predicted octanol–water partition coefficient (Wildman–Crippen LogP) is -6.23. The van der Waals surface area contributed by atoms with Gasteiger partial charge in [0.05, 0.1) is 52.5 Å². The minimum Gasteiger partial charge on any atom is -0.387 e. The highest BCUT2D eigenvalue weighted by molar-refractivity contribution is 7.66. The van der Waals surface area contributed by atoms with Crippen LogP contribution in [0.15, 0.2) is 46.0 Å². The normalized spacial score (nSPS) is 30.7. The summed E-state index contributed by atoms with van der Waals surface area (Å²) in [4.78, 5) is 131. The van der Waals surface area contributed by atoms with Crippen LogP contribution in [0.1, 0.15) is 24.9 Å². The summed E-state index contributed by atoms with van der Waals surface area (Å²) in [7, 11) is -27.4. The second-order valence-corrected chi connectivity index (χ2v) is 29.1. The number of hydrogen-bond donors (Lipinski definition) is 17. The first kappa shape index (κ1) is 70.9. The van der Waals surface area contributed by atoms with Crippen molar-refractivity contribution in [3.63, 3.8) is 0 Å². The molecule has 4 fully saturated rings. The van der Waals surface area contributed by atoms with E-state index in [0.29, 0.717) is 0 Å². The van der Waals surface area contributed by atoms with Gasteiger partial charge in [-0.1, -0.05) is 4.98 Å². The van der Waals surface area contributed by atoms with E-state index in [1.807, 2.05) is 0 Å². The third-order valence-electron chi connectivity index (χ3n) is 15.2. The Bertz CT molecular complexity index is 4820. The summed E-state index contributed by atoms with van der Waals surface area (Å²) in [6.45, 7) is -4.97. The average molecular weight is 1490 g/mol. The molecule has 0 amide bonds. The summed E-state index contributed by atoms with van der Waals surface area (Å²) in [5.74, 6) is -1.31. The predicted molar refractivity (Wildman–Crippen MR) is 312 cm³/mol. The smallest absolute Gasteiger partial charge is 0.387 e. The van der Waals surface area contributed by atoms with Crippen LogP contribution in [0.5, 0.6) is 0 Å². The van der Waals surface area contributed by atoms with Gasteiger partial charge >= 0.3 is 44.8 Å². The third-order valence-corrected chi connectivity index (χ3v) is 21.5. The highest BCUT2D eigenvalue weighted by Crippen LogP contribution is 2.68. The molecule has 0 aliphatic carbocycles. The number of nitrogen functional groups attached to an aromatic ring is 4. The molecular formula is C42H56N20O31P5+. The van der Waals surface area contributed by atoms with Crippen LogP contribution in [-0.4, -0.2) is 230 Å². The number of hydrogen-bond acceptors (Lipinski definition) is 38. The summed E-state index contributed by atoms with van der Waals surface area (Å²) >= 11 is 0. The zero-order valence-corrected chi connectivity index (χ0v) is 53.8. The van der Waals surface area contributed by atoms with E-state index >= 15 is 0 Å². The topological polar surface area (TPSA) is 737 Å². The fraction of sp³-hybridized carbons (Fsp3) is 0.524. The van der Waals surface area contributed by atoms with Crippen LogP contribution < -0.4 is 44.2 Å². The molecule has 0 spiro atoms. The number of aromatic nitrogens is 16. The molecule has 12 rings (SSSR count). The Morgan fingerprint density at radius 3 is 1.54 bits per heavy atom. The van der Waals surface area contributed by atoms with Crippen LogP contribution >= 0.6 is 39.1 Å². The number of fused-ring (bicyclic) bond motifs is 4. The number of methoxy groups -OCH3 is 1. The molecule has 21 atom stereocenters. The number of H-pyrrole nitrogens is 3. The van der Waals surface area contributed by atoms with E-state index in [1.54, 1.807) is 0 Å². The van der Waals surface area contributed by atoms with E-state index in [2.05, 4.69) is 63.4 Å². The molecule has 534 valence electrons. The second kappa shape index (κ2) is 26.5. The van der Waals surface area contributed by atoms with E-state index in [-0.39, 0.29) is 62.4 Å². The van der Waals surface area contributed by atoms with Crippen LogP contribution in [0, 0.1) is 0 Å². The largest absolute Gasteiger partial charge is 0.490 e. The van der Waals surface area contributed by atoms with E-state index in [0.717, 1.165) is 50.7 Å². The molecule has 0 radical (unpaired) electrons. The van der Waals surface area contributed by atoms with Gasteiger partial charge < -0.3 is 96.6 Å². The van der Waals surface area contributed by atoms with Gasteiger partial charge in [0.2, 0.25) is 23.6 Å². The highest BCUT2D eigenvalue weighted by atomic mass is 31.3. The molecular weight excluding hydrogens is 1440 g/mol. The number of nitrogens with zero attached hydrogens (tertiary/aromatic N) is 13. The number of imidazole rings is 4. The molecule has 51 nitrogen and oxygen atoms in total. The summed E-state index contributed by atoms with van der Waals surface area (Å²) in [6, 6.07) is 0. The first-order chi connectivity index (χ1) is 46.0. The second-order valence-electron chi connectivity index (χ2n) is 21.6. The van der Waals surface area contributed by atoms with E-state index < -0.39 is 186 Å². The molecule has 4 saturated heterocycles. The van der Waals surface area contributed by atoms with Crippen molar-refractivity contribution in [2.24, 2.45) is 7.05 Å². The van der Waals surface area contributed by atoms with Crippen molar-refractivity contribution in [1.82, 2.24) is 73.1 Å². The first-order valence-corrected chi connectivity index (χ1v) is 35.2. The van der Waals surface area contributed by atoms with Crippen LogP contribution in [-0.2, 0) is 89.3 Å². The number of rotatable bonds is 25. The number of aliphatic hydroxyl groups is 5. The monoisotopic (exact) mass is 1490 g/mol. The Labute approximate surface area is 540 Å². The van der Waals surface area contributed by atoms with Crippen molar-refractivity contribution in [1.29, 1.82) is 0 Å². The molecule has 12 heterocycles. The van der Waals surface area contributed by atoms with Gasteiger partial charge in [-0.15, -0.1) is 0 Å². The van der Waals surface area contributed by atoms with Crippen LogP contribution in [0.2, 0.25) is 0 Å². The van der Waals surface area contributed by atoms with Gasteiger partial charge in [-0.05, 0) is 0 Å². The molecule has 8 aromatic rings. The SMILES string of the molecule is CO[C@@H]1[C@H](OP(=O)(O)OC[C@H]2O[C@@H](n3cnc4c(N)ncnc43)[C@H](O)[C@@H]2OP(=O)(O)OC[C@H]2O[C@@H](n3cnc4c(=O)[nH]c(N)nc43)[C@H](O)[C@@H]2O)[C@@H](COP(=O)(O)OP(=O)(O)OP(=O)(O)OC[C@H]2O[C@@H]([n+]3cn(C)c4c(=O)[nH]c(N)nc43)[C@H](O)[C@@H]2O)O[C@H]1n1cnc2c(=O)[nH]c(N)nc21. The van der Waals surface area contributed by atoms with Gasteiger partial charge in [0.25, 0.3) is 22.6 Å². The van der Waals surface area contributed by atoms with Crippen molar-refractivity contribution in [2.45, 2.75) is 98.2 Å². The Morgan fingerprint density at radius 1 is 0.510 bits per heavy atom. The lowest BCUT2D eigenvalue weighted by Gasteiger charge is -2.27. The van der Waals surface area contributed by atoms with Crippen molar-refractivity contribution < 1.29 is 137 Å². The van der Waals surface area contributed by atoms with Crippen LogP contribution in [0.4, 0.5) is 23.7 Å². The number of phosphoric acid groups is 5. The average Bonchev–Trinajstić information content (AvgIpc) is 1.63. The molecule has 0 bridgehead atoms. The molecule has 5 unspecified atom stereocenters. The maximum Gasteiger partial charge on any atom is 0.490 e. The Hall–Kier alpha value is -6.97. The van der Waals surface area contributed by atoms with Gasteiger partial charge in [0.15, 0.2) is 58.8 Å². The highest BCUT2D eigenvalue weighted by Gasteiger charge is 2.56. The number of nitrogens with one attached hydrogen (secondary N) is 3. The number of aliphatic hydroxyl groups excluding tert-OH is 5. The Kier molecular flexibility index (Phi) is 19.2. The molecule has 98 heavy (non-hydrogen) atoms. The maximum absolute atomic E-state index is 14.3. The maximum atomic E-state index is 14.3. The Balaban J connectivity index is 0.741. The van der Waals surface area contributed by atoms with E-state index in [9.17, 15) is 87.2 Å². The van der Waals surface area contributed by atoms with Crippen molar-refractivity contribution in [2.75, 3.05) is 56.5 Å². The van der Waals surface area contributed by atoms with Gasteiger partial charge in [0, 0.05) is 7.11 Å². The molecule has 4 aliphatic rings. The van der Waals surface area contributed by atoms with Crippen molar-refractivity contribution in [3.05, 3.63) is 62.7 Å². The fourth-order valence-electron chi connectivity index (χ4n) is 11.0. The third kappa shape index (κ3) is 14.0. The summed E-state index contributed by atoms with van der Waals surface area (Å²) in [6.07, 6.45) is -24.4. The molecule has 4 aliphatic heterocycles. The quantitative estimate of drug-likeness (QED) is 0.0187. The number of nitrogens with two attached hydrogens (primary N) is 4. The zero-order chi connectivity index (χ0) is 70.6. The fourth-order valence-corrected chi connectivity index (χ4v) is 16.4. The molecule has 0 saturated carbocycles. The zero-order valence-electron chi connectivity index (χ0n) is 49.4. The Morgan fingerprint density at radius 2 is 0.959 bits per heavy atom. The number of anilines is 4. The van der Waals surface area contributed by atoms with E-state index in [1.165, 1.54) is 17.9 Å². The van der Waals surface area contributed by atoms with Crippen LogP contribution in [0.3, 0.4) is 0 Å². The lowest BCUT2D eigenvalue weighted by molar-refractivity contribution is -0.745. The van der Waals surface area contributed by atoms with Gasteiger partial charge in [-0.3, -0.25) is 74.7 Å². The van der Waals surface area contributed by atoms with Gasteiger partial charge in [-0.25, -0.2) is 52.3 Å². The summed E-state index contributed by atoms with van der Waals surface area (Å²) < 4.78 is 142.